The lowest BCUT2D eigenvalue weighted by molar-refractivity contribution is -0.385. The van der Waals surface area contributed by atoms with Gasteiger partial charge in [0.25, 0.3) is 11.2 Å². The first-order valence-corrected chi connectivity index (χ1v) is 9.64. The van der Waals surface area contributed by atoms with E-state index in [0.29, 0.717) is 12.1 Å². The van der Waals surface area contributed by atoms with Gasteiger partial charge in [0.1, 0.15) is 13.1 Å². The van der Waals surface area contributed by atoms with Crippen LogP contribution in [0, 0.1) is 24.0 Å². The molecule has 9 heteroatoms. The summed E-state index contributed by atoms with van der Waals surface area (Å²) in [6.45, 7) is 6.95. The number of nitro groups is 1. The Kier molecular flexibility index (Phi) is 7.46. The summed E-state index contributed by atoms with van der Waals surface area (Å²) >= 11 is 0. The van der Waals surface area contributed by atoms with Gasteiger partial charge in [-0.1, -0.05) is 19.1 Å². The molecule has 1 aromatic carbocycles. The second kappa shape index (κ2) is 9.82. The van der Waals surface area contributed by atoms with Crippen molar-refractivity contribution in [3.05, 3.63) is 68.1 Å². The Morgan fingerprint density at radius 2 is 1.93 bits per heavy atom. The lowest BCUT2D eigenvalue weighted by Gasteiger charge is -2.28. The lowest BCUT2D eigenvalue weighted by Crippen LogP contribution is -2.45. The topological polar surface area (TPSA) is 115 Å². The number of aryl methyl sites for hydroxylation is 1. The third kappa shape index (κ3) is 5.53. The van der Waals surface area contributed by atoms with Crippen LogP contribution in [0.1, 0.15) is 31.4 Å². The number of rotatable bonds is 8. The second-order valence-electron chi connectivity index (χ2n) is 7.19. The monoisotopic (exact) mass is 414 g/mol. The Bertz CT molecular complexity index is 1010. The number of aromatic nitrogens is 1. The predicted octanol–water partition coefficient (Wildman–Crippen LogP) is 2.64. The number of nitrogens with one attached hydrogen (secondary N) is 1. The van der Waals surface area contributed by atoms with Crippen LogP contribution in [-0.2, 0) is 16.1 Å². The van der Waals surface area contributed by atoms with E-state index in [0.717, 1.165) is 34.0 Å². The van der Waals surface area contributed by atoms with E-state index >= 15 is 0 Å². The molecule has 0 spiro atoms. The van der Waals surface area contributed by atoms with Gasteiger partial charge >= 0.3 is 0 Å². The Morgan fingerprint density at radius 3 is 2.57 bits per heavy atom. The molecule has 0 aliphatic rings. The van der Waals surface area contributed by atoms with Crippen LogP contribution in [0.3, 0.4) is 0 Å². The molecule has 1 heterocycles. The maximum Gasteiger partial charge on any atom is 0.285 e. The standard InChI is InChI=1S/C21H26N4O5/c1-5-15(3)24(12-19(26)22-18-8-6-7-14(2)16(18)4)21(28)13-23-11-17(25(29)30)9-10-20(23)27/h6-11,15H,5,12-13H2,1-4H3,(H,22,26)/t15-/m1/s1. The molecule has 0 aliphatic heterocycles. The zero-order valence-corrected chi connectivity index (χ0v) is 17.5. The number of benzene rings is 1. The van der Waals surface area contributed by atoms with E-state index in [2.05, 4.69) is 5.32 Å². The van der Waals surface area contributed by atoms with Crippen LogP contribution in [0.15, 0.2) is 41.3 Å². The highest BCUT2D eigenvalue weighted by molar-refractivity contribution is 5.95. The van der Waals surface area contributed by atoms with Crippen molar-refractivity contribution < 1.29 is 14.5 Å². The summed E-state index contributed by atoms with van der Waals surface area (Å²) in [4.78, 5) is 49.2. The van der Waals surface area contributed by atoms with Crippen molar-refractivity contribution in [1.82, 2.24) is 9.47 Å². The summed E-state index contributed by atoms with van der Waals surface area (Å²) in [5.41, 5.74) is 1.83. The minimum absolute atomic E-state index is 0.190. The average molecular weight is 414 g/mol. The highest BCUT2D eigenvalue weighted by atomic mass is 16.6. The van der Waals surface area contributed by atoms with E-state index in [1.807, 2.05) is 32.9 Å². The summed E-state index contributed by atoms with van der Waals surface area (Å²) in [5, 5.41) is 13.8. The number of anilines is 1. The molecule has 2 aromatic rings. The molecule has 2 amide bonds. The van der Waals surface area contributed by atoms with Gasteiger partial charge in [0, 0.05) is 23.9 Å². The van der Waals surface area contributed by atoms with E-state index < -0.39 is 16.4 Å². The van der Waals surface area contributed by atoms with Gasteiger partial charge in [-0.2, -0.15) is 0 Å². The maximum atomic E-state index is 12.9. The fraction of sp³-hybridized carbons (Fsp3) is 0.381. The van der Waals surface area contributed by atoms with Gasteiger partial charge in [0.2, 0.25) is 11.8 Å². The van der Waals surface area contributed by atoms with Crippen LogP contribution < -0.4 is 10.9 Å². The number of amides is 2. The Labute approximate surface area is 174 Å². The van der Waals surface area contributed by atoms with Gasteiger partial charge in [0.05, 0.1) is 11.1 Å². The zero-order valence-electron chi connectivity index (χ0n) is 17.5. The van der Waals surface area contributed by atoms with E-state index in [1.54, 1.807) is 13.0 Å². The van der Waals surface area contributed by atoms with E-state index in [9.17, 15) is 24.5 Å². The fourth-order valence-corrected chi connectivity index (χ4v) is 2.93. The molecule has 0 saturated carbocycles. The summed E-state index contributed by atoms with van der Waals surface area (Å²) in [5.74, 6) is -0.827. The number of pyridine rings is 1. The van der Waals surface area contributed by atoms with E-state index in [-0.39, 0.29) is 30.7 Å². The predicted molar refractivity (Wildman–Crippen MR) is 113 cm³/mol. The molecular weight excluding hydrogens is 388 g/mol. The molecule has 160 valence electrons. The summed E-state index contributed by atoms with van der Waals surface area (Å²) in [7, 11) is 0. The van der Waals surface area contributed by atoms with Crippen molar-refractivity contribution in [2.75, 3.05) is 11.9 Å². The average Bonchev–Trinajstić information content (AvgIpc) is 2.70. The summed E-state index contributed by atoms with van der Waals surface area (Å²) in [6.07, 6.45) is 1.64. The molecule has 30 heavy (non-hydrogen) atoms. The van der Waals surface area contributed by atoms with Gasteiger partial charge in [-0.3, -0.25) is 29.1 Å². The Morgan fingerprint density at radius 1 is 1.23 bits per heavy atom. The van der Waals surface area contributed by atoms with Crippen LogP contribution in [0.2, 0.25) is 0 Å². The lowest BCUT2D eigenvalue weighted by atomic mass is 10.1. The molecule has 0 bridgehead atoms. The molecule has 2 rings (SSSR count). The first-order chi connectivity index (χ1) is 14.1. The fourth-order valence-electron chi connectivity index (χ4n) is 2.93. The number of carbonyl (C=O) groups excluding carboxylic acids is 2. The highest BCUT2D eigenvalue weighted by Gasteiger charge is 2.23. The molecule has 0 aliphatic carbocycles. The van der Waals surface area contributed by atoms with Crippen molar-refractivity contribution in [2.45, 2.75) is 46.7 Å². The van der Waals surface area contributed by atoms with Crippen LogP contribution in [-0.4, -0.2) is 38.8 Å². The third-order valence-corrected chi connectivity index (χ3v) is 5.12. The minimum Gasteiger partial charge on any atom is -0.329 e. The van der Waals surface area contributed by atoms with Crippen LogP contribution in [0.4, 0.5) is 11.4 Å². The van der Waals surface area contributed by atoms with E-state index in [4.69, 9.17) is 0 Å². The zero-order chi connectivity index (χ0) is 22.4. The quantitative estimate of drug-likeness (QED) is 0.527. The van der Waals surface area contributed by atoms with Crippen molar-refractivity contribution in [2.24, 2.45) is 0 Å². The van der Waals surface area contributed by atoms with E-state index in [1.165, 1.54) is 4.90 Å². The van der Waals surface area contributed by atoms with Crippen molar-refractivity contribution in [3.63, 3.8) is 0 Å². The van der Waals surface area contributed by atoms with Gasteiger partial charge in [0.15, 0.2) is 0 Å². The Hall–Kier alpha value is -3.49. The first-order valence-electron chi connectivity index (χ1n) is 9.64. The minimum atomic E-state index is -0.634. The van der Waals surface area contributed by atoms with Gasteiger partial charge in [-0.05, 0) is 44.4 Å². The van der Waals surface area contributed by atoms with Crippen LogP contribution >= 0.6 is 0 Å². The van der Waals surface area contributed by atoms with Crippen molar-refractivity contribution >= 4 is 23.2 Å². The molecule has 9 nitrogen and oxygen atoms in total. The van der Waals surface area contributed by atoms with Gasteiger partial charge < -0.3 is 10.2 Å². The molecule has 0 saturated heterocycles. The molecule has 1 atom stereocenters. The van der Waals surface area contributed by atoms with Crippen molar-refractivity contribution in [1.29, 1.82) is 0 Å². The number of nitrogens with zero attached hydrogens (tertiary/aromatic N) is 3. The molecule has 0 fully saturated rings. The normalized spacial score (nSPS) is 11.6. The highest BCUT2D eigenvalue weighted by Crippen LogP contribution is 2.18. The number of carbonyl (C=O) groups is 2. The second-order valence-corrected chi connectivity index (χ2v) is 7.19. The molecule has 1 N–H and O–H groups in total. The largest absolute Gasteiger partial charge is 0.329 e. The molecule has 0 radical (unpaired) electrons. The van der Waals surface area contributed by atoms with Gasteiger partial charge in [-0.15, -0.1) is 0 Å². The number of hydrogen-bond donors (Lipinski definition) is 1. The number of hydrogen-bond acceptors (Lipinski definition) is 5. The molecule has 1 aromatic heterocycles. The smallest absolute Gasteiger partial charge is 0.285 e. The maximum absolute atomic E-state index is 12.9. The van der Waals surface area contributed by atoms with Crippen LogP contribution in [0.5, 0.6) is 0 Å². The van der Waals surface area contributed by atoms with Crippen molar-refractivity contribution in [3.8, 4) is 0 Å². The summed E-state index contributed by atoms with van der Waals surface area (Å²) in [6, 6.07) is 7.45. The van der Waals surface area contributed by atoms with Gasteiger partial charge in [-0.25, -0.2) is 0 Å². The SMILES string of the molecule is CC[C@@H](C)N(CC(=O)Nc1cccc(C)c1C)C(=O)Cn1cc([N+](=O)[O-])ccc1=O. The molecular formula is C21H26N4O5. The molecule has 0 unspecified atom stereocenters. The Balaban J connectivity index is 2.19. The third-order valence-electron chi connectivity index (χ3n) is 5.12. The van der Waals surface area contributed by atoms with Crippen LogP contribution in [0.25, 0.3) is 0 Å². The first kappa shape index (κ1) is 22.8. The summed E-state index contributed by atoms with van der Waals surface area (Å²) < 4.78 is 0.985.